The van der Waals surface area contributed by atoms with Crippen molar-refractivity contribution in [3.05, 3.63) is 23.3 Å². The average molecular weight is 222 g/mol. The average Bonchev–Trinajstić information content (AvgIpc) is 2.27. The maximum absolute atomic E-state index is 11.6. The minimum atomic E-state index is -0.0568. The molecule has 1 aromatic rings. The number of carbonyl (C=O) groups excluding carboxylic acids is 1. The number of benzene rings is 1. The van der Waals surface area contributed by atoms with Crippen LogP contribution in [0.15, 0.2) is 12.1 Å². The minimum absolute atomic E-state index is 0.0568. The normalized spacial score (nSPS) is 10.2. The molecule has 0 unspecified atom stereocenters. The Balaban J connectivity index is 2.80. The summed E-state index contributed by atoms with van der Waals surface area (Å²) in [4.78, 5) is 11.6. The number of methoxy groups -OCH3 is 1. The third kappa shape index (κ3) is 2.97. The van der Waals surface area contributed by atoms with E-state index in [4.69, 9.17) is 10.5 Å². The van der Waals surface area contributed by atoms with Crippen LogP contribution in [0, 0.1) is 13.8 Å². The van der Waals surface area contributed by atoms with Gasteiger partial charge in [-0.25, -0.2) is 0 Å². The van der Waals surface area contributed by atoms with Gasteiger partial charge in [-0.05, 0) is 31.0 Å². The highest BCUT2D eigenvalue weighted by Crippen LogP contribution is 2.25. The van der Waals surface area contributed by atoms with Crippen LogP contribution in [0.1, 0.15) is 17.5 Å². The van der Waals surface area contributed by atoms with Gasteiger partial charge in [0.2, 0.25) is 5.91 Å². The molecule has 0 heterocycles. The second-order valence-corrected chi connectivity index (χ2v) is 3.76. The molecule has 0 aliphatic heterocycles. The molecule has 0 aromatic heterocycles. The third-order valence-electron chi connectivity index (χ3n) is 2.51. The minimum Gasteiger partial charge on any atom is -0.398 e. The van der Waals surface area contributed by atoms with E-state index < -0.39 is 0 Å². The van der Waals surface area contributed by atoms with Crippen molar-refractivity contribution in [3.8, 4) is 0 Å². The Labute approximate surface area is 95.8 Å². The number of amides is 1. The van der Waals surface area contributed by atoms with Crippen LogP contribution in [0.2, 0.25) is 0 Å². The molecule has 0 saturated carbocycles. The predicted octanol–water partition coefficient (Wildman–Crippen LogP) is 1.86. The van der Waals surface area contributed by atoms with Crippen LogP contribution in [0.25, 0.3) is 0 Å². The van der Waals surface area contributed by atoms with Gasteiger partial charge in [0, 0.05) is 18.5 Å². The van der Waals surface area contributed by atoms with Crippen LogP contribution in [0.3, 0.4) is 0 Å². The van der Waals surface area contributed by atoms with Crippen molar-refractivity contribution in [2.24, 2.45) is 0 Å². The first-order chi connectivity index (χ1) is 7.56. The fourth-order valence-electron chi connectivity index (χ4n) is 1.45. The topological polar surface area (TPSA) is 64.3 Å². The maximum Gasteiger partial charge on any atom is 0.226 e. The quantitative estimate of drug-likeness (QED) is 0.764. The van der Waals surface area contributed by atoms with E-state index in [9.17, 15) is 4.79 Å². The first kappa shape index (κ1) is 12.5. The zero-order valence-electron chi connectivity index (χ0n) is 9.96. The number of nitrogens with two attached hydrogens (primary N) is 1. The van der Waals surface area contributed by atoms with Gasteiger partial charge < -0.3 is 15.8 Å². The van der Waals surface area contributed by atoms with E-state index >= 15 is 0 Å². The SMILES string of the molecule is COCCC(=O)Nc1c(C)ccc(N)c1C. The highest BCUT2D eigenvalue weighted by molar-refractivity contribution is 5.93. The summed E-state index contributed by atoms with van der Waals surface area (Å²) in [6, 6.07) is 3.74. The lowest BCUT2D eigenvalue weighted by molar-refractivity contribution is -0.117. The van der Waals surface area contributed by atoms with Crippen molar-refractivity contribution in [3.63, 3.8) is 0 Å². The smallest absolute Gasteiger partial charge is 0.226 e. The number of nitrogen functional groups attached to an aromatic ring is 1. The number of aryl methyl sites for hydroxylation is 1. The van der Waals surface area contributed by atoms with E-state index in [2.05, 4.69) is 5.32 Å². The number of hydrogen-bond acceptors (Lipinski definition) is 3. The number of rotatable bonds is 4. The summed E-state index contributed by atoms with van der Waals surface area (Å²) in [5.41, 5.74) is 9.20. The van der Waals surface area contributed by atoms with Crippen molar-refractivity contribution in [1.29, 1.82) is 0 Å². The Morgan fingerprint density at radius 3 is 2.75 bits per heavy atom. The Kier molecular flexibility index (Phi) is 4.31. The molecule has 3 N–H and O–H groups in total. The van der Waals surface area contributed by atoms with Gasteiger partial charge in [-0.2, -0.15) is 0 Å². The highest BCUT2D eigenvalue weighted by atomic mass is 16.5. The molecule has 16 heavy (non-hydrogen) atoms. The van der Waals surface area contributed by atoms with E-state index in [0.717, 1.165) is 16.8 Å². The molecule has 1 amide bonds. The largest absolute Gasteiger partial charge is 0.398 e. The van der Waals surface area contributed by atoms with Gasteiger partial charge in [-0.3, -0.25) is 4.79 Å². The highest BCUT2D eigenvalue weighted by Gasteiger charge is 2.08. The van der Waals surface area contributed by atoms with Crippen LogP contribution in [0.4, 0.5) is 11.4 Å². The summed E-state index contributed by atoms with van der Waals surface area (Å²) in [5.74, 6) is -0.0568. The summed E-state index contributed by atoms with van der Waals surface area (Å²) in [7, 11) is 1.57. The first-order valence-electron chi connectivity index (χ1n) is 5.20. The number of ether oxygens (including phenoxy) is 1. The van der Waals surface area contributed by atoms with E-state index in [0.29, 0.717) is 18.7 Å². The van der Waals surface area contributed by atoms with Crippen molar-refractivity contribution in [2.75, 3.05) is 24.8 Å². The standard InChI is InChI=1S/C12H18N2O2/c1-8-4-5-10(13)9(2)12(8)14-11(15)6-7-16-3/h4-5H,6-7,13H2,1-3H3,(H,14,15). The van der Waals surface area contributed by atoms with Gasteiger partial charge in [0.15, 0.2) is 0 Å². The van der Waals surface area contributed by atoms with E-state index in [1.54, 1.807) is 7.11 Å². The molecule has 0 atom stereocenters. The molecule has 1 aromatic carbocycles. The molecule has 88 valence electrons. The molecule has 4 heteroatoms. The lowest BCUT2D eigenvalue weighted by Crippen LogP contribution is -2.15. The number of hydrogen-bond donors (Lipinski definition) is 2. The monoisotopic (exact) mass is 222 g/mol. The van der Waals surface area contributed by atoms with Gasteiger partial charge in [-0.15, -0.1) is 0 Å². The van der Waals surface area contributed by atoms with Gasteiger partial charge in [0.05, 0.1) is 13.0 Å². The van der Waals surface area contributed by atoms with Crippen LogP contribution in [0.5, 0.6) is 0 Å². The molecule has 1 rings (SSSR count). The van der Waals surface area contributed by atoms with Crippen LogP contribution < -0.4 is 11.1 Å². The van der Waals surface area contributed by atoms with Gasteiger partial charge in [-0.1, -0.05) is 6.07 Å². The van der Waals surface area contributed by atoms with E-state index in [1.165, 1.54) is 0 Å². The molecule has 0 bridgehead atoms. The molecule has 0 spiro atoms. The van der Waals surface area contributed by atoms with Gasteiger partial charge in [0.25, 0.3) is 0 Å². The summed E-state index contributed by atoms with van der Waals surface area (Å²) in [6.45, 7) is 4.26. The number of anilines is 2. The molecule has 0 aliphatic carbocycles. The van der Waals surface area contributed by atoms with Crippen LogP contribution in [-0.4, -0.2) is 19.6 Å². The van der Waals surface area contributed by atoms with E-state index in [1.807, 2.05) is 26.0 Å². The molecular formula is C12H18N2O2. The lowest BCUT2D eigenvalue weighted by atomic mass is 10.1. The third-order valence-corrected chi connectivity index (χ3v) is 2.51. The summed E-state index contributed by atoms with van der Waals surface area (Å²) < 4.78 is 4.85. The Bertz CT molecular complexity index is 389. The second kappa shape index (κ2) is 5.51. The van der Waals surface area contributed by atoms with E-state index in [-0.39, 0.29) is 5.91 Å². The molecule has 0 radical (unpaired) electrons. The number of nitrogens with one attached hydrogen (secondary N) is 1. The molecular weight excluding hydrogens is 204 g/mol. The fourth-order valence-corrected chi connectivity index (χ4v) is 1.45. The predicted molar refractivity (Wildman–Crippen MR) is 65.5 cm³/mol. The maximum atomic E-state index is 11.6. The molecule has 0 fully saturated rings. The second-order valence-electron chi connectivity index (χ2n) is 3.76. The van der Waals surface area contributed by atoms with Crippen LogP contribution >= 0.6 is 0 Å². The van der Waals surface area contributed by atoms with Gasteiger partial charge in [0.1, 0.15) is 0 Å². The Morgan fingerprint density at radius 1 is 1.44 bits per heavy atom. The summed E-state index contributed by atoms with van der Waals surface area (Å²) in [6.07, 6.45) is 0.351. The molecule has 0 saturated heterocycles. The lowest BCUT2D eigenvalue weighted by Gasteiger charge is -2.13. The fraction of sp³-hybridized carbons (Fsp3) is 0.417. The van der Waals surface area contributed by atoms with Crippen LogP contribution in [-0.2, 0) is 9.53 Å². The van der Waals surface area contributed by atoms with Crippen molar-refractivity contribution in [2.45, 2.75) is 20.3 Å². The Morgan fingerprint density at radius 2 is 2.12 bits per heavy atom. The van der Waals surface area contributed by atoms with Crippen molar-refractivity contribution >= 4 is 17.3 Å². The molecule has 0 aliphatic rings. The summed E-state index contributed by atoms with van der Waals surface area (Å²) in [5, 5.41) is 2.86. The Hall–Kier alpha value is -1.55. The molecule has 4 nitrogen and oxygen atoms in total. The zero-order valence-corrected chi connectivity index (χ0v) is 9.96. The summed E-state index contributed by atoms with van der Waals surface area (Å²) >= 11 is 0. The first-order valence-corrected chi connectivity index (χ1v) is 5.20. The van der Waals surface area contributed by atoms with Gasteiger partial charge >= 0.3 is 0 Å². The zero-order chi connectivity index (χ0) is 12.1. The van der Waals surface area contributed by atoms with Crippen molar-refractivity contribution < 1.29 is 9.53 Å². The number of carbonyl (C=O) groups is 1. The van der Waals surface area contributed by atoms with Crippen molar-refractivity contribution in [1.82, 2.24) is 0 Å².